The molecular formula is C25H29Cl2N3O. The van der Waals surface area contributed by atoms with Gasteiger partial charge in [-0.3, -0.25) is 9.69 Å². The van der Waals surface area contributed by atoms with E-state index in [0.717, 1.165) is 42.2 Å². The Bertz CT molecular complexity index is 996. The maximum atomic E-state index is 12.8. The predicted octanol–water partition coefficient (Wildman–Crippen LogP) is 4.56. The number of likely N-dealkylation sites (N-methyl/N-ethyl adjacent to an activating group) is 1. The minimum atomic E-state index is 0. The van der Waals surface area contributed by atoms with E-state index < -0.39 is 0 Å². The summed E-state index contributed by atoms with van der Waals surface area (Å²) in [5, 5.41) is 6.23. The summed E-state index contributed by atoms with van der Waals surface area (Å²) < 4.78 is 0. The molecule has 0 bridgehead atoms. The highest BCUT2D eigenvalue weighted by atomic mass is 35.5. The van der Waals surface area contributed by atoms with Gasteiger partial charge in [-0.2, -0.15) is 0 Å². The van der Waals surface area contributed by atoms with Gasteiger partial charge in [0, 0.05) is 37.7 Å². The summed E-state index contributed by atoms with van der Waals surface area (Å²) in [6.07, 6.45) is 0.386. The van der Waals surface area contributed by atoms with E-state index in [9.17, 15) is 4.79 Å². The smallest absolute Gasteiger partial charge is 0.224 e. The van der Waals surface area contributed by atoms with Gasteiger partial charge in [0.1, 0.15) is 0 Å². The summed E-state index contributed by atoms with van der Waals surface area (Å²) in [5.41, 5.74) is 2.25. The number of amides is 1. The van der Waals surface area contributed by atoms with Crippen molar-refractivity contribution in [2.45, 2.75) is 12.5 Å². The molecule has 1 atom stereocenters. The maximum absolute atomic E-state index is 12.8. The molecule has 1 heterocycles. The summed E-state index contributed by atoms with van der Waals surface area (Å²) in [6.45, 7) is 4.64. The van der Waals surface area contributed by atoms with E-state index in [-0.39, 0.29) is 24.4 Å². The van der Waals surface area contributed by atoms with Crippen LogP contribution in [0.1, 0.15) is 17.2 Å². The van der Waals surface area contributed by atoms with Crippen molar-refractivity contribution in [1.29, 1.82) is 0 Å². The fourth-order valence-electron chi connectivity index (χ4n) is 4.17. The first-order chi connectivity index (χ1) is 14.6. The van der Waals surface area contributed by atoms with Crippen molar-refractivity contribution in [1.82, 2.24) is 15.1 Å². The monoisotopic (exact) mass is 457 g/mol. The Morgan fingerprint density at radius 2 is 1.65 bits per heavy atom. The zero-order valence-corrected chi connectivity index (χ0v) is 19.3. The number of halogens is 2. The molecule has 3 aromatic rings. The Labute approximate surface area is 195 Å². The van der Waals surface area contributed by atoms with Gasteiger partial charge in [0.05, 0.1) is 12.5 Å². The molecule has 31 heavy (non-hydrogen) atoms. The van der Waals surface area contributed by atoms with Crippen molar-refractivity contribution in [2.75, 3.05) is 39.8 Å². The fourth-order valence-corrected chi connectivity index (χ4v) is 4.29. The third kappa shape index (κ3) is 5.98. The molecule has 6 heteroatoms. The van der Waals surface area contributed by atoms with Crippen LogP contribution in [0.4, 0.5) is 0 Å². The molecule has 4 rings (SSSR count). The van der Waals surface area contributed by atoms with E-state index in [1.54, 1.807) is 0 Å². The third-order valence-electron chi connectivity index (χ3n) is 5.96. The first-order valence-corrected chi connectivity index (χ1v) is 10.9. The van der Waals surface area contributed by atoms with E-state index in [0.29, 0.717) is 13.0 Å². The number of carbonyl (C=O) groups is 1. The first kappa shape index (κ1) is 23.6. The Morgan fingerprint density at radius 3 is 2.39 bits per heavy atom. The topological polar surface area (TPSA) is 35.6 Å². The standard InChI is InChI=1S/C25H28ClN3O.ClH/c1-28-13-15-29(16-14-28)24(20-9-11-22(26)12-10-20)18-27-25(30)17-21-7-4-6-19-5-2-3-8-23(19)21;/h2-12,24H,13-18H2,1H3,(H,27,30);1H. The Balaban J connectivity index is 0.00000272. The average Bonchev–Trinajstić information content (AvgIpc) is 2.76. The number of fused-ring (bicyclic) bond motifs is 1. The van der Waals surface area contributed by atoms with Gasteiger partial charge in [0.25, 0.3) is 0 Å². The number of piperazine rings is 1. The lowest BCUT2D eigenvalue weighted by molar-refractivity contribution is -0.120. The van der Waals surface area contributed by atoms with Gasteiger partial charge < -0.3 is 10.2 Å². The van der Waals surface area contributed by atoms with E-state index in [4.69, 9.17) is 11.6 Å². The molecule has 1 aliphatic rings. The van der Waals surface area contributed by atoms with Gasteiger partial charge in [0.2, 0.25) is 5.91 Å². The molecule has 0 saturated carbocycles. The molecule has 0 radical (unpaired) electrons. The van der Waals surface area contributed by atoms with E-state index in [1.807, 2.05) is 36.4 Å². The Hall–Kier alpha value is -2.11. The molecule has 1 N–H and O–H groups in total. The zero-order valence-electron chi connectivity index (χ0n) is 17.8. The van der Waals surface area contributed by atoms with Crippen LogP contribution in [0, 0.1) is 0 Å². The van der Waals surface area contributed by atoms with E-state index in [2.05, 4.69) is 52.5 Å². The summed E-state index contributed by atoms with van der Waals surface area (Å²) in [7, 11) is 2.15. The number of benzene rings is 3. The lowest BCUT2D eigenvalue weighted by Crippen LogP contribution is -2.48. The van der Waals surface area contributed by atoms with E-state index in [1.165, 1.54) is 10.9 Å². The van der Waals surface area contributed by atoms with Crippen LogP contribution in [-0.4, -0.2) is 55.5 Å². The van der Waals surface area contributed by atoms with Crippen LogP contribution in [-0.2, 0) is 11.2 Å². The number of nitrogens with one attached hydrogen (secondary N) is 1. The second-order valence-electron chi connectivity index (χ2n) is 8.03. The highest BCUT2D eigenvalue weighted by Crippen LogP contribution is 2.24. The summed E-state index contributed by atoms with van der Waals surface area (Å²) in [4.78, 5) is 17.6. The Morgan fingerprint density at radius 1 is 0.968 bits per heavy atom. The van der Waals surface area contributed by atoms with Crippen LogP contribution >= 0.6 is 24.0 Å². The van der Waals surface area contributed by atoms with Crippen LogP contribution in [0.15, 0.2) is 66.7 Å². The maximum Gasteiger partial charge on any atom is 0.224 e. The second kappa shape index (κ2) is 11.0. The van der Waals surface area contributed by atoms with Crippen LogP contribution in [0.25, 0.3) is 10.8 Å². The largest absolute Gasteiger partial charge is 0.354 e. The van der Waals surface area contributed by atoms with Gasteiger partial charge in [0.15, 0.2) is 0 Å². The van der Waals surface area contributed by atoms with Gasteiger partial charge in [-0.15, -0.1) is 12.4 Å². The number of rotatable bonds is 6. The molecule has 0 spiro atoms. The molecule has 1 saturated heterocycles. The Kier molecular flexibility index (Phi) is 8.33. The predicted molar refractivity (Wildman–Crippen MR) is 131 cm³/mol. The van der Waals surface area contributed by atoms with Gasteiger partial charge in [-0.05, 0) is 41.1 Å². The van der Waals surface area contributed by atoms with Gasteiger partial charge in [-0.25, -0.2) is 0 Å². The number of hydrogen-bond acceptors (Lipinski definition) is 3. The molecule has 3 aromatic carbocycles. The molecule has 0 aliphatic carbocycles. The van der Waals surface area contributed by atoms with Crippen LogP contribution in [0.5, 0.6) is 0 Å². The van der Waals surface area contributed by atoms with Gasteiger partial charge >= 0.3 is 0 Å². The normalized spacial score (nSPS) is 15.9. The quantitative estimate of drug-likeness (QED) is 0.588. The number of carbonyl (C=O) groups excluding carboxylic acids is 1. The van der Waals surface area contributed by atoms with Crippen molar-refractivity contribution >= 4 is 40.7 Å². The minimum absolute atomic E-state index is 0. The van der Waals surface area contributed by atoms with Crippen molar-refractivity contribution in [3.05, 3.63) is 82.9 Å². The third-order valence-corrected chi connectivity index (χ3v) is 6.21. The molecule has 0 aromatic heterocycles. The molecule has 4 nitrogen and oxygen atoms in total. The second-order valence-corrected chi connectivity index (χ2v) is 8.46. The SMILES string of the molecule is CN1CCN(C(CNC(=O)Cc2cccc3ccccc23)c2ccc(Cl)cc2)CC1.Cl. The molecule has 164 valence electrons. The van der Waals surface area contributed by atoms with Gasteiger partial charge in [-0.1, -0.05) is 66.2 Å². The van der Waals surface area contributed by atoms with Crippen LogP contribution in [0.3, 0.4) is 0 Å². The minimum Gasteiger partial charge on any atom is -0.354 e. The van der Waals surface area contributed by atoms with Crippen molar-refractivity contribution < 1.29 is 4.79 Å². The van der Waals surface area contributed by atoms with Crippen LogP contribution in [0.2, 0.25) is 5.02 Å². The molecule has 1 amide bonds. The van der Waals surface area contributed by atoms with Crippen molar-refractivity contribution in [3.63, 3.8) is 0 Å². The average molecular weight is 458 g/mol. The summed E-state index contributed by atoms with van der Waals surface area (Å²) >= 11 is 6.10. The highest BCUT2D eigenvalue weighted by molar-refractivity contribution is 6.30. The molecule has 1 aliphatic heterocycles. The number of hydrogen-bond donors (Lipinski definition) is 1. The molecule has 1 unspecified atom stereocenters. The summed E-state index contributed by atoms with van der Waals surface area (Å²) in [6, 6.07) is 22.5. The highest BCUT2D eigenvalue weighted by Gasteiger charge is 2.24. The summed E-state index contributed by atoms with van der Waals surface area (Å²) in [5.74, 6) is 0.0550. The lowest BCUT2D eigenvalue weighted by Gasteiger charge is -2.38. The van der Waals surface area contributed by atoms with Crippen molar-refractivity contribution in [3.8, 4) is 0 Å². The lowest BCUT2D eigenvalue weighted by atomic mass is 10.0. The van der Waals surface area contributed by atoms with E-state index >= 15 is 0 Å². The van der Waals surface area contributed by atoms with Crippen LogP contribution < -0.4 is 5.32 Å². The number of nitrogens with zero attached hydrogens (tertiary/aromatic N) is 2. The fraction of sp³-hybridized carbons (Fsp3) is 0.320. The first-order valence-electron chi connectivity index (χ1n) is 10.5. The molecular weight excluding hydrogens is 429 g/mol. The molecule has 1 fully saturated rings. The van der Waals surface area contributed by atoms with Crippen molar-refractivity contribution in [2.24, 2.45) is 0 Å². The zero-order chi connectivity index (χ0) is 20.9.